The van der Waals surface area contributed by atoms with E-state index in [4.69, 9.17) is 4.74 Å². The Hall–Kier alpha value is -1.62. The number of rotatable bonds is 4. The largest absolute Gasteiger partial charge is 0.495 e. The fourth-order valence-electron chi connectivity index (χ4n) is 2.40. The topological polar surface area (TPSA) is 42.7 Å². The van der Waals surface area contributed by atoms with Crippen LogP contribution >= 0.6 is 0 Å². The lowest BCUT2D eigenvalue weighted by Crippen LogP contribution is -2.22. The monoisotopic (exact) mass is 246 g/mol. The third-order valence-electron chi connectivity index (χ3n) is 3.43. The highest BCUT2D eigenvalue weighted by Crippen LogP contribution is 2.12. The van der Waals surface area contributed by atoms with Gasteiger partial charge in [-0.2, -0.15) is 5.10 Å². The number of likely N-dealkylation sites (tertiary alicyclic amines) is 1. The SMILES string of the molecule is COc1ccc2nc(CCN3CCCC3)nn2c1. The maximum Gasteiger partial charge on any atom is 0.155 e. The van der Waals surface area contributed by atoms with E-state index in [1.807, 2.05) is 18.3 Å². The first-order valence-corrected chi connectivity index (χ1v) is 6.47. The fourth-order valence-corrected chi connectivity index (χ4v) is 2.40. The molecule has 0 atom stereocenters. The second-order valence-electron chi connectivity index (χ2n) is 4.70. The number of methoxy groups -OCH3 is 1. The minimum absolute atomic E-state index is 0.804. The van der Waals surface area contributed by atoms with Gasteiger partial charge in [0.05, 0.1) is 13.3 Å². The number of nitrogens with zero attached hydrogens (tertiary/aromatic N) is 4. The van der Waals surface area contributed by atoms with Crippen LogP contribution < -0.4 is 4.74 Å². The molecule has 18 heavy (non-hydrogen) atoms. The maximum absolute atomic E-state index is 5.18. The quantitative estimate of drug-likeness (QED) is 0.817. The van der Waals surface area contributed by atoms with Crippen LogP contribution in [-0.4, -0.2) is 46.2 Å². The number of hydrogen-bond donors (Lipinski definition) is 0. The molecule has 0 spiro atoms. The lowest BCUT2D eigenvalue weighted by Gasteiger charge is -2.12. The van der Waals surface area contributed by atoms with Gasteiger partial charge in [0, 0.05) is 13.0 Å². The summed E-state index contributed by atoms with van der Waals surface area (Å²) in [6.45, 7) is 3.51. The molecule has 5 nitrogen and oxygen atoms in total. The van der Waals surface area contributed by atoms with Gasteiger partial charge in [-0.25, -0.2) is 9.50 Å². The number of fused-ring (bicyclic) bond motifs is 1. The first-order chi connectivity index (χ1) is 8.85. The van der Waals surface area contributed by atoms with Crippen LogP contribution in [-0.2, 0) is 6.42 Å². The van der Waals surface area contributed by atoms with Crippen molar-refractivity contribution in [2.24, 2.45) is 0 Å². The van der Waals surface area contributed by atoms with Crippen LogP contribution in [0.2, 0.25) is 0 Å². The van der Waals surface area contributed by atoms with Gasteiger partial charge >= 0.3 is 0 Å². The van der Waals surface area contributed by atoms with E-state index in [-0.39, 0.29) is 0 Å². The van der Waals surface area contributed by atoms with Gasteiger partial charge in [0.1, 0.15) is 5.75 Å². The summed E-state index contributed by atoms with van der Waals surface area (Å²) in [6, 6.07) is 3.85. The first-order valence-electron chi connectivity index (χ1n) is 6.47. The average Bonchev–Trinajstić information content (AvgIpc) is 3.04. The summed E-state index contributed by atoms with van der Waals surface area (Å²) in [6.07, 6.45) is 5.44. The molecule has 1 aliphatic heterocycles. The minimum Gasteiger partial charge on any atom is -0.495 e. The molecule has 3 heterocycles. The molecule has 3 rings (SSSR count). The molecule has 2 aromatic rings. The summed E-state index contributed by atoms with van der Waals surface area (Å²) in [4.78, 5) is 7.00. The fraction of sp³-hybridized carbons (Fsp3) is 0.538. The third-order valence-corrected chi connectivity index (χ3v) is 3.43. The van der Waals surface area contributed by atoms with Crippen molar-refractivity contribution in [2.45, 2.75) is 19.3 Å². The number of ether oxygens (including phenoxy) is 1. The standard InChI is InChI=1S/C13H18N4O/c1-18-11-4-5-13-14-12(15-17(13)10-11)6-9-16-7-2-3-8-16/h4-5,10H,2-3,6-9H2,1H3. The predicted molar refractivity (Wildman–Crippen MR) is 68.9 cm³/mol. The molecule has 0 saturated carbocycles. The average molecular weight is 246 g/mol. The van der Waals surface area contributed by atoms with Gasteiger partial charge in [-0.15, -0.1) is 0 Å². The van der Waals surface area contributed by atoms with Gasteiger partial charge in [-0.1, -0.05) is 0 Å². The first kappa shape index (κ1) is 11.5. The van der Waals surface area contributed by atoms with Crippen LogP contribution in [0.1, 0.15) is 18.7 Å². The Morgan fingerprint density at radius 3 is 2.89 bits per heavy atom. The van der Waals surface area contributed by atoms with Crippen LogP contribution in [0.5, 0.6) is 5.75 Å². The van der Waals surface area contributed by atoms with Gasteiger partial charge in [-0.3, -0.25) is 0 Å². The van der Waals surface area contributed by atoms with Crippen LogP contribution in [0, 0.1) is 0 Å². The Kier molecular flexibility index (Phi) is 3.15. The molecule has 0 bridgehead atoms. The molecular weight excluding hydrogens is 228 g/mol. The highest BCUT2D eigenvalue weighted by atomic mass is 16.5. The zero-order valence-electron chi connectivity index (χ0n) is 10.7. The summed E-state index contributed by atoms with van der Waals surface area (Å²) in [5.41, 5.74) is 0.882. The lowest BCUT2D eigenvalue weighted by atomic mass is 10.4. The Bertz CT molecular complexity index is 531. The Morgan fingerprint density at radius 2 is 2.11 bits per heavy atom. The van der Waals surface area contributed by atoms with Crippen molar-refractivity contribution in [3.63, 3.8) is 0 Å². The van der Waals surface area contributed by atoms with Crippen LogP contribution in [0.15, 0.2) is 18.3 Å². The zero-order chi connectivity index (χ0) is 12.4. The summed E-state index contributed by atoms with van der Waals surface area (Å²) in [5, 5.41) is 4.48. The van der Waals surface area contributed by atoms with Crippen molar-refractivity contribution in [3.05, 3.63) is 24.2 Å². The highest BCUT2D eigenvalue weighted by molar-refractivity contribution is 5.40. The van der Waals surface area contributed by atoms with Crippen molar-refractivity contribution < 1.29 is 4.74 Å². The molecule has 0 aromatic carbocycles. The summed E-state index contributed by atoms with van der Waals surface area (Å²) in [7, 11) is 1.66. The Balaban J connectivity index is 1.72. The molecule has 0 N–H and O–H groups in total. The van der Waals surface area contributed by atoms with Gasteiger partial charge in [-0.05, 0) is 38.1 Å². The van der Waals surface area contributed by atoms with E-state index < -0.39 is 0 Å². The molecule has 0 aliphatic carbocycles. The van der Waals surface area contributed by atoms with E-state index in [0.717, 1.165) is 30.2 Å². The van der Waals surface area contributed by atoms with Gasteiger partial charge in [0.25, 0.3) is 0 Å². The molecular formula is C13H18N4O. The summed E-state index contributed by atoms with van der Waals surface area (Å²) < 4.78 is 6.97. The van der Waals surface area contributed by atoms with Crippen molar-refractivity contribution in [1.82, 2.24) is 19.5 Å². The number of aromatic nitrogens is 3. The smallest absolute Gasteiger partial charge is 0.155 e. The van der Waals surface area contributed by atoms with Gasteiger partial charge in [0.15, 0.2) is 11.5 Å². The number of pyridine rings is 1. The van der Waals surface area contributed by atoms with Crippen LogP contribution in [0.25, 0.3) is 5.65 Å². The molecule has 0 radical (unpaired) electrons. The molecule has 1 saturated heterocycles. The highest BCUT2D eigenvalue weighted by Gasteiger charge is 2.12. The maximum atomic E-state index is 5.18. The second-order valence-corrected chi connectivity index (χ2v) is 4.70. The zero-order valence-corrected chi connectivity index (χ0v) is 10.7. The summed E-state index contributed by atoms with van der Waals surface area (Å²) in [5.74, 6) is 1.72. The lowest BCUT2D eigenvalue weighted by molar-refractivity contribution is 0.341. The number of hydrogen-bond acceptors (Lipinski definition) is 4. The summed E-state index contributed by atoms with van der Waals surface area (Å²) >= 11 is 0. The predicted octanol–water partition coefficient (Wildman–Crippen LogP) is 1.38. The van der Waals surface area contributed by atoms with Gasteiger partial charge in [0.2, 0.25) is 0 Å². The molecule has 0 amide bonds. The third kappa shape index (κ3) is 2.31. The second kappa shape index (κ2) is 4.94. The van der Waals surface area contributed by atoms with Crippen molar-refractivity contribution in [3.8, 4) is 5.75 Å². The van der Waals surface area contributed by atoms with E-state index in [9.17, 15) is 0 Å². The van der Waals surface area contributed by atoms with Crippen LogP contribution in [0.3, 0.4) is 0 Å². The molecule has 1 aliphatic rings. The van der Waals surface area contributed by atoms with E-state index >= 15 is 0 Å². The molecule has 0 unspecified atom stereocenters. The molecule has 5 heteroatoms. The molecule has 2 aromatic heterocycles. The van der Waals surface area contributed by atoms with E-state index in [1.165, 1.54) is 25.9 Å². The normalized spacial score (nSPS) is 16.5. The molecule has 96 valence electrons. The van der Waals surface area contributed by atoms with E-state index in [0.29, 0.717) is 0 Å². The Labute approximate surface area is 106 Å². The van der Waals surface area contributed by atoms with E-state index in [1.54, 1.807) is 11.6 Å². The van der Waals surface area contributed by atoms with Crippen LogP contribution in [0.4, 0.5) is 0 Å². The van der Waals surface area contributed by atoms with Crippen molar-refractivity contribution >= 4 is 5.65 Å². The van der Waals surface area contributed by atoms with Crippen molar-refractivity contribution in [2.75, 3.05) is 26.7 Å². The Morgan fingerprint density at radius 1 is 1.28 bits per heavy atom. The van der Waals surface area contributed by atoms with Gasteiger partial charge < -0.3 is 9.64 Å². The van der Waals surface area contributed by atoms with Crippen molar-refractivity contribution in [1.29, 1.82) is 0 Å². The molecule has 1 fully saturated rings. The minimum atomic E-state index is 0.804. The van der Waals surface area contributed by atoms with E-state index in [2.05, 4.69) is 15.0 Å².